The smallest absolute Gasteiger partial charge is 0.215 e. The van der Waals surface area contributed by atoms with Crippen molar-refractivity contribution in [1.29, 1.82) is 0 Å². The Morgan fingerprint density at radius 1 is 0.553 bits per heavy atom. The van der Waals surface area contributed by atoms with Crippen LogP contribution in [0.4, 0.5) is 0 Å². The van der Waals surface area contributed by atoms with Crippen molar-refractivity contribution >= 4 is 17.3 Å². The van der Waals surface area contributed by atoms with Gasteiger partial charge in [-0.1, -0.05) is 140 Å². The number of benzene rings is 5. The molecule has 1 aliphatic heterocycles. The van der Waals surface area contributed by atoms with Gasteiger partial charge in [0.1, 0.15) is 5.71 Å². The van der Waals surface area contributed by atoms with Crippen LogP contribution in [0.1, 0.15) is 32.6 Å². The molecule has 1 spiro atoms. The fourth-order valence-electron chi connectivity index (χ4n) is 5.58. The van der Waals surface area contributed by atoms with Crippen molar-refractivity contribution in [1.82, 2.24) is 0 Å². The van der Waals surface area contributed by atoms with Gasteiger partial charge in [-0.15, -0.1) is 0 Å². The quantitative estimate of drug-likeness (QED) is 0.243. The number of hydrogen-bond donors (Lipinski definition) is 0. The molecule has 180 valence electrons. The lowest BCUT2D eigenvalue weighted by atomic mass is 9.81. The summed E-state index contributed by atoms with van der Waals surface area (Å²) in [5.41, 5.74) is 6.52. The predicted molar refractivity (Wildman–Crippen MR) is 151 cm³/mol. The molecule has 0 saturated carbocycles. The number of Topliss-reactive ketones (excluding diaryl/α,β-unsaturated/α-hetero) is 1. The normalized spacial score (nSPS) is 14.9. The topological polar surface area (TPSA) is 38.7 Å². The molecule has 2 aliphatic rings. The highest BCUT2D eigenvalue weighted by atomic mass is 16.5. The lowest BCUT2D eigenvalue weighted by molar-refractivity contribution is 0.101. The van der Waals surface area contributed by atoms with Crippen LogP contribution in [-0.2, 0) is 10.3 Å². The number of ether oxygens (including phenoxy) is 1. The minimum Gasteiger partial charge on any atom is -0.468 e. The molecule has 5 aromatic rings. The largest absolute Gasteiger partial charge is 0.468 e. The zero-order valence-corrected chi connectivity index (χ0v) is 20.5. The van der Waals surface area contributed by atoms with E-state index in [2.05, 4.69) is 36.4 Å². The van der Waals surface area contributed by atoms with Gasteiger partial charge in [0.15, 0.2) is 11.5 Å². The van der Waals surface area contributed by atoms with Crippen molar-refractivity contribution < 1.29 is 9.53 Å². The molecule has 0 bridgehead atoms. The van der Waals surface area contributed by atoms with Crippen molar-refractivity contribution in [2.75, 3.05) is 0 Å². The maximum Gasteiger partial charge on any atom is 0.215 e. The highest BCUT2D eigenvalue weighted by Crippen LogP contribution is 2.55. The van der Waals surface area contributed by atoms with Gasteiger partial charge in [0, 0.05) is 27.8 Å². The minimum atomic E-state index is -1.01. The number of allylic oxidation sites excluding steroid dienone is 1. The van der Waals surface area contributed by atoms with Crippen LogP contribution >= 0.6 is 0 Å². The SMILES string of the molecule is O=C(C1=C(c2ccccc2)OC2(C(c3ccccc3)=N1)c1ccccc1-c1ccccc12)c1ccccc1. The fourth-order valence-corrected chi connectivity index (χ4v) is 5.58. The highest BCUT2D eigenvalue weighted by Gasteiger charge is 2.53. The van der Waals surface area contributed by atoms with Gasteiger partial charge >= 0.3 is 0 Å². The zero-order valence-electron chi connectivity index (χ0n) is 20.5. The van der Waals surface area contributed by atoms with Crippen LogP contribution in [0, 0.1) is 0 Å². The number of carbonyl (C=O) groups is 1. The van der Waals surface area contributed by atoms with E-state index < -0.39 is 5.60 Å². The maximum absolute atomic E-state index is 14.0. The van der Waals surface area contributed by atoms with Gasteiger partial charge in [0.25, 0.3) is 0 Å². The van der Waals surface area contributed by atoms with Gasteiger partial charge < -0.3 is 4.74 Å². The molecule has 0 radical (unpaired) electrons. The van der Waals surface area contributed by atoms with Gasteiger partial charge in [-0.05, 0) is 11.1 Å². The van der Waals surface area contributed by atoms with Crippen LogP contribution in [0.5, 0.6) is 0 Å². The molecule has 0 aromatic heterocycles. The molecule has 0 atom stereocenters. The summed E-state index contributed by atoms with van der Waals surface area (Å²) in [6, 6.07) is 45.8. The Morgan fingerprint density at radius 2 is 1.03 bits per heavy atom. The summed E-state index contributed by atoms with van der Waals surface area (Å²) in [7, 11) is 0. The van der Waals surface area contributed by atoms with E-state index in [1.54, 1.807) is 0 Å². The minimum absolute atomic E-state index is 0.174. The zero-order chi connectivity index (χ0) is 25.5. The number of ketones is 1. The molecule has 7 rings (SSSR count). The van der Waals surface area contributed by atoms with Crippen LogP contribution in [0.2, 0.25) is 0 Å². The third kappa shape index (κ3) is 3.29. The molecule has 1 heterocycles. The number of aliphatic imine (C=N–C) groups is 1. The first-order valence-corrected chi connectivity index (χ1v) is 12.7. The molecule has 0 N–H and O–H groups in total. The third-order valence-electron chi connectivity index (χ3n) is 7.26. The van der Waals surface area contributed by atoms with Crippen LogP contribution < -0.4 is 0 Å². The summed E-state index contributed by atoms with van der Waals surface area (Å²) in [6.07, 6.45) is 0. The van der Waals surface area contributed by atoms with Crippen molar-refractivity contribution in [3.05, 3.63) is 173 Å². The summed E-state index contributed by atoms with van der Waals surface area (Å²) in [4.78, 5) is 19.3. The van der Waals surface area contributed by atoms with Gasteiger partial charge in [-0.2, -0.15) is 0 Å². The second-order valence-corrected chi connectivity index (χ2v) is 9.44. The summed E-state index contributed by atoms with van der Waals surface area (Å²) in [5, 5.41) is 0. The Hall–Kier alpha value is -5.02. The van der Waals surface area contributed by atoms with Crippen molar-refractivity contribution in [3.8, 4) is 11.1 Å². The molecule has 0 unspecified atom stereocenters. The molecule has 0 amide bonds. The Morgan fingerprint density at radius 3 is 1.61 bits per heavy atom. The monoisotopic (exact) mass is 489 g/mol. The summed E-state index contributed by atoms with van der Waals surface area (Å²) >= 11 is 0. The van der Waals surface area contributed by atoms with Gasteiger partial charge in [-0.25, -0.2) is 4.99 Å². The van der Waals surface area contributed by atoms with E-state index in [4.69, 9.17) is 9.73 Å². The van der Waals surface area contributed by atoms with Crippen LogP contribution in [0.25, 0.3) is 16.9 Å². The lowest BCUT2D eigenvalue weighted by Crippen LogP contribution is -2.41. The third-order valence-corrected chi connectivity index (χ3v) is 7.26. The van der Waals surface area contributed by atoms with Crippen LogP contribution in [-0.4, -0.2) is 11.5 Å². The molecule has 5 aromatic carbocycles. The summed E-state index contributed by atoms with van der Waals surface area (Å²) in [5.74, 6) is 0.304. The van der Waals surface area contributed by atoms with E-state index in [1.165, 1.54) is 0 Å². The average Bonchev–Trinajstić information content (AvgIpc) is 3.28. The second kappa shape index (κ2) is 8.82. The Balaban J connectivity index is 1.57. The number of carbonyl (C=O) groups excluding carboxylic acids is 1. The van der Waals surface area contributed by atoms with Crippen LogP contribution in [0.3, 0.4) is 0 Å². The van der Waals surface area contributed by atoms with Gasteiger partial charge in [0.2, 0.25) is 11.4 Å². The first-order chi connectivity index (χ1) is 18.8. The summed E-state index contributed by atoms with van der Waals surface area (Å²) < 4.78 is 7.22. The molecule has 0 saturated heterocycles. The van der Waals surface area contributed by atoms with Gasteiger partial charge in [-0.3, -0.25) is 4.79 Å². The maximum atomic E-state index is 14.0. The van der Waals surface area contributed by atoms with E-state index in [0.717, 1.165) is 33.4 Å². The molecular weight excluding hydrogens is 466 g/mol. The van der Waals surface area contributed by atoms with E-state index in [9.17, 15) is 4.79 Å². The number of hydrogen-bond acceptors (Lipinski definition) is 3. The Labute approximate surface area is 221 Å². The number of rotatable bonds is 4. The fraction of sp³-hybridized carbons (Fsp3) is 0.0286. The van der Waals surface area contributed by atoms with E-state index in [1.807, 2.05) is 103 Å². The van der Waals surface area contributed by atoms with Gasteiger partial charge in [0.05, 0.1) is 0 Å². The van der Waals surface area contributed by atoms with Crippen molar-refractivity contribution in [2.45, 2.75) is 5.60 Å². The Bertz CT molecular complexity index is 1690. The van der Waals surface area contributed by atoms with E-state index in [0.29, 0.717) is 22.7 Å². The van der Waals surface area contributed by atoms with Crippen LogP contribution in [0.15, 0.2) is 150 Å². The molecule has 0 fully saturated rings. The standard InChI is InChI=1S/C35H23NO2/c37-32(24-14-4-1-5-15-24)31-33(25-16-6-2-7-17-25)38-35(34(36-31)26-18-8-3-9-19-26)29-22-12-10-20-27(29)28-21-11-13-23-30(28)35/h1-23H. The van der Waals surface area contributed by atoms with E-state index >= 15 is 0 Å². The first kappa shape index (κ1) is 22.2. The molecule has 1 aliphatic carbocycles. The summed E-state index contributed by atoms with van der Waals surface area (Å²) in [6.45, 7) is 0. The Kier molecular flexibility index (Phi) is 5.15. The second-order valence-electron chi connectivity index (χ2n) is 9.44. The van der Waals surface area contributed by atoms with Crippen molar-refractivity contribution in [3.63, 3.8) is 0 Å². The predicted octanol–water partition coefficient (Wildman–Crippen LogP) is 7.68. The van der Waals surface area contributed by atoms with E-state index in [-0.39, 0.29) is 5.78 Å². The lowest BCUT2D eigenvalue weighted by Gasteiger charge is -2.38. The molecular formula is C35H23NO2. The number of nitrogens with zero attached hydrogens (tertiary/aromatic N) is 1. The molecule has 38 heavy (non-hydrogen) atoms. The molecule has 3 heteroatoms. The average molecular weight is 490 g/mol. The highest BCUT2D eigenvalue weighted by molar-refractivity contribution is 6.20. The molecule has 3 nitrogen and oxygen atoms in total. The van der Waals surface area contributed by atoms with Crippen molar-refractivity contribution in [2.24, 2.45) is 4.99 Å². The number of fused-ring (bicyclic) bond motifs is 5. The first-order valence-electron chi connectivity index (χ1n) is 12.7.